The number of fused-ring (bicyclic) bond motifs is 1. The second-order valence-electron chi connectivity index (χ2n) is 5.68. The van der Waals surface area contributed by atoms with Crippen molar-refractivity contribution in [3.05, 3.63) is 18.6 Å². The molecule has 1 fully saturated rings. The van der Waals surface area contributed by atoms with Gasteiger partial charge in [0, 0.05) is 25.3 Å². The Bertz CT molecular complexity index is 611. The summed E-state index contributed by atoms with van der Waals surface area (Å²) in [5.41, 5.74) is 0.785. The Kier molecular flexibility index (Phi) is 4.07. The highest BCUT2D eigenvalue weighted by molar-refractivity contribution is 5.87. The lowest BCUT2D eigenvalue weighted by Gasteiger charge is -2.30. The van der Waals surface area contributed by atoms with E-state index >= 15 is 0 Å². The minimum absolute atomic E-state index is 0.0624. The van der Waals surface area contributed by atoms with Gasteiger partial charge in [-0.3, -0.25) is 0 Å². The Morgan fingerprint density at radius 2 is 2.33 bits per heavy atom. The van der Waals surface area contributed by atoms with Gasteiger partial charge in [-0.1, -0.05) is 13.3 Å². The van der Waals surface area contributed by atoms with Crippen molar-refractivity contribution in [2.45, 2.75) is 45.0 Å². The third kappa shape index (κ3) is 2.49. The van der Waals surface area contributed by atoms with E-state index < -0.39 is 0 Å². The molecular formula is C15H23N5O. The average molecular weight is 289 g/mol. The van der Waals surface area contributed by atoms with Crippen LogP contribution in [0.5, 0.6) is 0 Å². The number of aromatic nitrogens is 3. The lowest BCUT2D eigenvalue weighted by atomic mass is 10.0. The van der Waals surface area contributed by atoms with Gasteiger partial charge in [0.15, 0.2) is 0 Å². The predicted molar refractivity (Wildman–Crippen MR) is 83.3 cm³/mol. The number of hydrogen-bond donors (Lipinski definition) is 2. The normalized spacial score (nSPS) is 22.0. The third-order valence-electron chi connectivity index (χ3n) is 4.43. The van der Waals surface area contributed by atoms with Crippen LogP contribution in [-0.2, 0) is 6.73 Å². The van der Waals surface area contributed by atoms with E-state index in [1.54, 1.807) is 10.9 Å². The van der Waals surface area contributed by atoms with E-state index in [-0.39, 0.29) is 6.73 Å². The summed E-state index contributed by atoms with van der Waals surface area (Å²) in [5, 5.41) is 13.9. The molecule has 0 aromatic carbocycles. The number of nitrogens with one attached hydrogen (secondary N) is 1. The molecule has 21 heavy (non-hydrogen) atoms. The third-order valence-corrected chi connectivity index (χ3v) is 4.43. The highest BCUT2D eigenvalue weighted by atomic mass is 16.3. The van der Waals surface area contributed by atoms with E-state index in [0.717, 1.165) is 29.8 Å². The molecular weight excluding hydrogens is 266 g/mol. The average Bonchev–Trinajstić information content (AvgIpc) is 3.12. The van der Waals surface area contributed by atoms with Crippen molar-refractivity contribution < 1.29 is 5.11 Å². The molecule has 1 aliphatic heterocycles. The highest BCUT2D eigenvalue weighted by Gasteiger charge is 2.30. The fourth-order valence-corrected chi connectivity index (χ4v) is 3.37. The van der Waals surface area contributed by atoms with E-state index in [4.69, 9.17) is 0 Å². The number of nitrogens with zero attached hydrogens (tertiary/aromatic N) is 4. The molecule has 2 N–H and O–H groups in total. The largest absolute Gasteiger partial charge is 0.376 e. The topological polar surface area (TPSA) is 66.2 Å². The van der Waals surface area contributed by atoms with E-state index in [0.29, 0.717) is 12.1 Å². The van der Waals surface area contributed by atoms with Gasteiger partial charge in [-0.05, 0) is 25.5 Å². The molecule has 6 heteroatoms. The lowest BCUT2D eigenvalue weighted by molar-refractivity contribution is 0.215. The molecule has 0 aliphatic carbocycles. The molecule has 0 bridgehead atoms. The number of likely N-dealkylation sites (N-methyl/N-ethyl adjacent to an activating group) is 1. The molecule has 2 aromatic heterocycles. The minimum Gasteiger partial charge on any atom is -0.376 e. The Morgan fingerprint density at radius 1 is 1.48 bits per heavy atom. The van der Waals surface area contributed by atoms with Gasteiger partial charge in [-0.2, -0.15) is 0 Å². The molecule has 2 unspecified atom stereocenters. The Balaban J connectivity index is 1.94. The summed E-state index contributed by atoms with van der Waals surface area (Å²) in [6.07, 6.45) is 6.93. The molecule has 0 saturated carbocycles. The summed E-state index contributed by atoms with van der Waals surface area (Å²) in [6, 6.07) is 2.96. The zero-order valence-corrected chi connectivity index (χ0v) is 12.7. The van der Waals surface area contributed by atoms with E-state index in [9.17, 15) is 5.11 Å². The van der Waals surface area contributed by atoms with Crippen LogP contribution in [-0.4, -0.2) is 45.3 Å². The van der Waals surface area contributed by atoms with Crippen molar-refractivity contribution in [3.8, 4) is 0 Å². The molecule has 1 aliphatic rings. The first-order valence-corrected chi connectivity index (χ1v) is 7.63. The van der Waals surface area contributed by atoms with Crippen molar-refractivity contribution in [2.24, 2.45) is 0 Å². The Labute approximate surface area is 124 Å². The highest BCUT2D eigenvalue weighted by Crippen LogP contribution is 2.28. The molecule has 0 amide bonds. The van der Waals surface area contributed by atoms with Gasteiger partial charge in [0.25, 0.3) is 0 Å². The van der Waals surface area contributed by atoms with Gasteiger partial charge in [-0.25, -0.2) is 9.97 Å². The molecule has 0 radical (unpaired) electrons. The van der Waals surface area contributed by atoms with Crippen molar-refractivity contribution in [1.29, 1.82) is 0 Å². The monoisotopic (exact) mass is 289 g/mol. The standard InChI is InChI=1S/C15H23N5O/c1-3-4-12-13(5-7-16-12)19(2)14-11-6-8-20(10-21)15(11)18-9-17-14/h6,8-9,12-13,16,21H,3-5,7,10H2,1-2H3. The fourth-order valence-electron chi connectivity index (χ4n) is 3.37. The van der Waals surface area contributed by atoms with Crippen LogP contribution in [0.1, 0.15) is 26.2 Å². The molecule has 2 aromatic rings. The second kappa shape index (κ2) is 5.99. The van der Waals surface area contributed by atoms with Gasteiger partial charge < -0.3 is 19.9 Å². The Hall–Kier alpha value is -1.66. The van der Waals surface area contributed by atoms with Gasteiger partial charge in [0.2, 0.25) is 0 Å². The zero-order valence-electron chi connectivity index (χ0n) is 12.7. The molecule has 6 nitrogen and oxygen atoms in total. The van der Waals surface area contributed by atoms with Crippen molar-refractivity contribution >= 4 is 16.9 Å². The summed E-state index contributed by atoms with van der Waals surface area (Å²) >= 11 is 0. The predicted octanol–water partition coefficient (Wildman–Crippen LogP) is 1.35. The summed E-state index contributed by atoms with van der Waals surface area (Å²) in [5.74, 6) is 0.946. The lowest BCUT2D eigenvalue weighted by Crippen LogP contribution is -2.42. The number of anilines is 1. The number of aliphatic hydroxyl groups is 1. The quantitative estimate of drug-likeness (QED) is 0.870. The SMILES string of the molecule is CCCC1NCCC1N(C)c1ncnc2c1ccn2CO. The molecule has 0 spiro atoms. The van der Waals surface area contributed by atoms with Gasteiger partial charge >= 0.3 is 0 Å². The first-order chi connectivity index (χ1) is 10.3. The summed E-state index contributed by atoms with van der Waals surface area (Å²) in [6.45, 7) is 3.22. The number of aliphatic hydroxyl groups excluding tert-OH is 1. The summed E-state index contributed by atoms with van der Waals surface area (Å²) in [4.78, 5) is 11.0. The van der Waals surface area contributed by atoms with Gasteiger partial charge in [0.1, 0.15) is 24.5 Å². The van der Waals surface area contributed by atoms with Crippen LogP contribution in [0.3, 0.4) is 0 Å². The first-order valence-electron chi connectivity index (χ1n) is 7.63. The molecule has 3 rings (SSSR count). The maximum absolute atomic E-state index is 9.36. The van der Waals surface area contributed by atoms with E-state index in [2.05, 4.69) is 34.2 Å². The van der Waals surface area contributed by atoms with Crippen LogP contribution >= 0.6 is 0 Å². The van der Waals surface area contributed by atoms with Crippen molar-refractivity contribution in [1.82, 2.24) is 19.9 Å². The van der Waals surface area contributed by atoms with Crippen LogP contribution in [0.2, 0.25) is 0 Å². The minimum atomic E-state index is -0.0624. The second-order valence-corrected chi connectivity index (χ2v) is 5.68. The maximum atomic E-state index is 9.36. The fraction of sp³-hybridized carbons (Fsp3) is 0.600. The molecule has 1 saturated heterocycles. The van der Waals surface area contributed by atoms with E-state index in [1.165, 1.54) is 12.8 Å². The smallest absolute Gasteiger partial charge is 0.147 e. The van der Waals surface area contributed by atoms with Crippen molar-refractivity contribution in [3.63, 3.8) is 0 Å². The molecule has 2 atom stereocenters. The number of hydrogen-bond acceptors (Lipinski definition) is 5. The van der Waals surface area contributed by atoms with Gasteiger partial charge in [-0.15, -0.1) is 0 Å². The zero-order chi connectivity index (χ0) is 14.8. The van der Waals surface area contributed by atoms with Crippen LogP contribution in [0, 0.1) is 0 Å². The summed E-state index contributed by atoms with van der Waals surface area (Å²) < 4.78 is 1.73. The Morgan fingerprint density at radius 3 is 3.10 bits per heavy atom. The molecule has 3 heterocycles. The van der Waals surface area contributed by atoms with Crippen LogP contribution < -0.4 is 10.2 Å². The first kappa shape index (κ1) is 14.3. The van der Waals surface area contributed by atoms with Crippen LogP contribution in [0.4, 0.5) is 5.82 Å². The maximum Gasteiger partial charge on any atom is 0.147 e. The molecule has 114 valence electrons. The van der Waals surface area contributed by atoms with Crippen LogP contribution in [0.15, 0.2) is 18.6 Å². The van der Waals surface area contributed by atoms with Crippen LogP contribution in [0.25, 0.3) is 11.0 Å². The van der Waals surface area contributed by atoms with Gasteiger partial charge in [0.05, 0.1) is 5.39 Å². The van der Waals surface area contributed by atoms with Crippen molar-refractivity contribution in [2.75, 3.05) is 18.5 Å². The number of rotatable bonds is 5. The van der Waals surface area contributed by atoms with E-state index in [1.807, 2.05) is 12.3 Å². The summed E-state index contributed by atoms with van der Waals surface area (Å²) in [7, 11) is 2.11.